The molecular formula is C12H17N3S2. The summed E-state index contributed by atoms with van der Waals surface area (Å²) in [5, 5.41) is 4.34. The third-order valence-corrected chi connectivity index (χ3v) is 4.42. The van der Waals surface area contributed by atoms with Crippen LogP contribution in [0.2, 0.25) is 0 Å². The molecule has 0 aliphatic rings. The zero-order chi connectivity index (χ0) is 12.4. The van der Waals surface area contributed by atoms with Crippen molar-refractivity contribution in [3.8, 4) is 0 Å². The summed E-state index contributed by atoms with van der Waals surface area (Å²) < 4.78 is 0. The van der Waals surface area contributed by atoms with Crippen LogP contribution in [0.25, 0.3) is 0 Å². The van der Waals surface area contributed by atoms with Crippen molar-refractivity contribution in [1.82, 2.24) is 9.97 Å². The molecule has 92 valence electrons. The lowest BCUT2D eigenvalue weighted by Crippen LogP contribution is -1.99. The molecule has 0 aliphatic carbocycles. The van der Waals surface area contributed by atoms with Gasteiger partial charge in [-0.1, -0.05) is 13.8 Å². The molecule has 0 atom stereocenters. The smallest absolute Gasteiger partial charge is 0.0991 e. The number of aryl methyl sites for hydroxylation is 1. The Balaban J connectivity index is 2.22. The average Bonchev–Trinajstić information content (AvgIpc) is 2.85. The first-order valence-corrected chi connectivity index (χ1v) is 7.39. The average molecular weight is 267 g/mol. The molecule has 2 N–H and O–H groups in total. The van der Waals surface area contributed by atoms with Gasteiger partial charge >= 0.3 is 0 Å². The van der Waals surface area contributed by atoms with Gasteiger partial charge in [0.2, 0.25) is 0 Å². The van der Waals surface area contributed by atoms with Gasteiger partial charge < -0.3 is 5.73 Å². The highest BCUT2D eigenvalue weighted by molar-refractivity contribution is 7.11. The maximum Gasteiger partial charge on any atom is 0.0991 e. The maximum atomic E-state index is 5.76. The van der Waals surface area contributed by atoms with Crippen molar-refractivity contribution in [3.63, 3.8) is 0 Å². The van der Waals surface area contributed by atoms with E-state index in [-0.39, 0.29) is 0 Å². The summed E-state index contributed by atoms with van der Waals surface area (Å²) in [6.45, 7) is 6.93. The minimum absolute atomic E-state index is 0.440. The number of rotatable bonds is 4. The summed E-state index contributed by atoms with van der Waals surface area (Å²) in [6, 6.07) is 0. The van der Waals surface area contributed by atoms with E-state index in [0.717, 1.165) is 27.8 Å². The van der Waals surface area contributed by atoms with Gasteiger partial charge in [-0.15, -0.1) is 22.7 Å². The lowest BCUT2D eigenvalue weighted by Gasteiger charge is -2.01. The Kier molecular flexibility index (Phi) is 3.91. The Morgan fingerprint density at radius 3 is 2.59 bits per heavy atom. The van der Waals surface area contributed by atoms with Crippen molar-refractivity contribution < 1.29 is 0 Å². The molecule has 5 heteroatoms. The summed E-state index contributed by atoms with van der Waals surface area (Å²) in [6.07, 6.45) is 0.828. The van der Waals surface area contributed by atoms with E-state index in [4.69, 9.17) is 5.73 Å². The van der Waals surface area contributed by atoms with Crippen LogP contribution >= 0.6 is 22.7 Å². The molecule has 0 bridgehead atoms. The predicted molar refractivity (Wildman–Crippen MR) is 73.8 cm³/mol. The second-order valence-electron chi connectivity index (χ2n) is 4.31. The van der Waals surface area contributed by atoms with Crippen LogP contribution in [-0.2, 0) is 13.0 Å². The van der Waals surface area contributed by atoms with Gasteiger partial charge in [0.05, 0.1) is 21.4 Å². The molecular weight excluding hydrogens is 250 g/mol. The molecule has 0 fully saturated rings. The third-order valence-electron chi connectivity index (χ3n) is 2.50. The molecule has 0 radical (unpaired) electrons. The van der Waals surface area contributed by atoms with Crippen molar-refractivity contribution >= 4 is 22.7 Å². The predicted octanol–water partition coefficient (Wildman–Crippen LogP) is 3.08. The van der Waals surface area contributed by atoms with E-state index in [1.165, 1.54) is 4.88 Å². The van der Waals surface area contributed by atoms with E-state index in [1.807, 2.05) is 6.92 Å². The number of thiazole rings is 2. The molecule has 2 aromatic rings. The number of nitrogens with two attached hydrogens (primary N) is 1. The maximum absolute atomic E-state index is 5.76. The minimum Gasteiger partial charge on any atom is -0.326 e. The van der Waals surface area contributed by atoms with Crippen LogP contribution in [0.15, 0.2) is 5.38 Å². The summed E-state index contributed by atoms with van der Waals surface area (Å²) in [5.74, 6) is 0.440. The van der Waals surface area contributed by atoms with Gasteiger partial charge in [0, 0.05) is 23.2 Å². The normalized spacial score (nSPS) is 11.4. The molecule has 0 amide bonds. The van der Waals surface area contributed by atoms with Crippen LogP contribution in [0.3, 0.4) is 0 Å². The van der Waals surface area contributed by atoms with Crippen molar-refractivity contribution in [2.24, 2.45) is 5.73 Å². The molecule has 0 unspecified atom stereocenters. The first kappa shape index (κ1) is 12.7. The lowest BCUT2D eigenvalue weighted by atomic mass is 10.1. The number of hydrogen-bond donors (Lipinski definition) is 1. The van der Waals surface area contributed by atoms with Gasteiger partial charge in [0.15, 0.2) is 0 Å². The standard InChI is InChI=1S/C12H17N3S2/c1-7(2)12-10(5-13)17-11(15-12)4-9-6-16-8(3)14-9/h6-7H,4-5,13H2,1-3H3. The quantitative estimate of drug-likeness (QED) is 0.926. The van der Waals surface area contributed by atoms with Gasteiger partial charge in [-0.2, -0.15) is 0 Å². The highest BCUT2D eigenvalue weighted by atomic mass is 32.1. The molecule has 0 aromatic carbocycles. The second kappa shape index (κ2) is 5.25. The SMILES string of the molecule is Cc1nc(Cc2nc(C(C)C)c(CN)s2)cs1. The van der Waals surface area contributed by atoms with Crippen molar-refractivity contribution in [3.05, 3.63) is 31.7 Å². The van der Waals surface area contributed by atoms with E-state index in [0.29, 0.717) is 12.5 Å². The Morgan fingerprint density at radius 1 is 1.35 bits per heavy atom. The summed E-state index contributed by atoms with van der Waals surface area (Å²) in [5.41, 5.74) is 8.02. The number of nitrogens with zero attached hydrogens (tertiary/aromatic N) is 2. The molecule has 0 spiro atoms. The van der Waals surface area contributed by atoms with Crippen LogP contribution in [0.1, 0.15) is 46.0 Å². The van der Waals surface area contributed by atoms with Gasteiger partial charge in [-0.05, 0) is 12.8 Å². The van der Waals surface area contributed by atoms with Gasteiger partial charge in [-0.3, -0.25) is 0 Å². The fourth-order valence-corrected chi connectivity index (χ4v) is 3.46. The summed E-state index contributed by atoms with van der Waals surface area (Å²) in [4.78, 5) is 10.4. The second-order valence-corrected chi connectivity index (χ2v) is 6.54. The van der Waals surface area contributed by atoms with Gasteiger partial charge in [0.1, 0.15) is 0 Å². The fourth-order valence-electron chi connectivity index (χ4n) is 1.73. The van der Waals surface area contributed by atoms with E-state index < -0.39 is 0 Å². The molecule has 3 nitrogen and oxygen atoms in total. The first-order valence-electron chi connectivity index (χ1n) is 5.69. The first-order chi connectivity index (χ1) is 8.10. The number of aromatic nitrogens is 2. The topological polar surface area (TPSA) is 51.8 Å². The van der Waals surface area contributed by atoms with Crippen molar-refractivity contribution in [2.75, 3.05) is 0 Å². The molecule has 0 aliphatic heterocycles. The Labute approximate surface area is 110 Å². The van der Waals surface area contributed by atoms with E-state index in [1.54, 1.807) is 22.7 Å². The van der Waals surface area contributed by atoms with E-state index in [9.17, 15) is 0 Å². The molecule has 2 aromatic heterocycles. The van der Waals surface area contributed by atoms with E-state index in [2.05, 4.69) is 29.2 Å². The highest BCUT2D eigenvalue weighted by Crippen LogP contribution is 2.26. The van der Waals surface area contributed by atoms with Crippen LogP contribution in [-0.4, -0.2) is 9.97 Å². The fraction of sp³-hybridized carbons (Fsp3) is 0.500. The lowest BCUT2D eigenvalue weighted by molar-refractivity contribution is 0.805. The van der Waals surface area contributed by atoms with Crippen LogP contribution < -0.4 is 5.73 Å². The van der Waals surface area contributed by atoms with Crippen LogP contribution in [0.5, 0.6) is 0 Å². The summed E-state index contributed by atoms with van der Waals surface area (Å²) >= 11 is 3.41. The zero-order valence-corrected chi connectivity index (χ0v) is 12.0. The van der Waals surface area contributed by atoms with Gasteiger partial charge in [-0.25, -0.2) is 9.97 Å². The van der Waals surface area contributed by atoms with Crippen molar-refractivity contribution in [2.45, 2.75) is 39.7 Å². The van der Waals surface area contributed by atoms with E-state index >= 15 is 0 Å². The largest absolute Gasteiger partial charge is 0.326 e. The number of hydrogen-bond acceptors (Lipinski definition) is 5. The van der Waals surface area contributed by atoms with Crippen LogP contribution in [0, 0.1) is 6.92 Å². The van der Waals surface area contributed by atoms with Gasteiger partial charge in [0.25, 0.3) is 0 Å². The molecule has 17 heavy (non-hydrogen) atoms. The Morgan fingerprint density at radius 2 is 2.12 bits per heavy atom. The zero-order valence-electron chi connectivity index (χ0n) is 10.4. The van der Waals surface area contributed by atoms with Crippen molar-refractivity contribution in [1.29, 1.82) is 0 Å². The Bertz CT molecular complexity index is 500. The molecule has 0 saturated carbocycles. The third kappa shape index (κ3) is 2.91. The summed E-state index contributed by atoms with van der Waals surface area (Å²) in [7, 11) is 0. The molecule has 0 saturated heterocycles. The Hall–Kier alpha value is -0.780. The monoisotopic (exact) mass is 267 g/mol. The van der Waals surface area contributed by atoms with Crippen LogP contribution in [0.4, 0.5) is 0 Å². The molecule has 2 rings (SSSR count). The minimum atomic E-state index is 0.440. The highest BCUT2D eigenvalue weighted by Gasteiger charge is 2.13. The molecule has 2 heterocycles.